The Hall–Kier alpha value is -4.12. The molecule has 5 heteroatoms. The van der Waals surface area contributed by atoms with Gasteiger partial charge in [-0.25, -0.2) is 0 Å². The van der Waals surface area contributed by atoms with E-state index < -0.39 is 0 Å². The molecule has 0 aliphatic heterocycles. The highest BCUT2D eigenvalue weighted by atomic mass is 16.5. The summed E-state index contributed by atoms with van der Waals surface area (Å²) < 4.78 is 8.10. The lowest BCUT2D eigenvalue weighted by Crippen LogP contribution is -2.17. The van der Waals surface area contributed by atoms with E-state index in [0.717, 1.165) is 33.4 Å². The summed E-state index contributed by atoms with van der Waals surface area (Å²) >= 11 is 0. The lowest BCUT2D eigenvalue weighted by molar-refractivity contribution is -0.111. The third-order valence-electron chi connectivity index (χ3n) is 6.60. The van der Waals surface area contributed by atoms with Crippen LogP contribution in [0.25, 0.3) is 21.9 Å². The molecule has 5 nitrogen and oxygen atoms in total. The van der Waals surface area contributed by atoms with Gasteiger partial charge in [-0.05, 0) is 85.0 Å². The molecule has 0 atom stereocenters. The van der Waals surface area contributed by atoms with Crippen LogP contribution in [0.4, 0.5) is 5.69 Å². The Morgan fingerprint density at radius 3 is 2.46 bits per heavy atom. The Morgan fingerprint density at radius 1 is 1.03 bits per heavy atom. The standard InChI is InChI=1S/C30H28N2O3/c1-5-28(33)31-22-12-14-27(35-29-18(2)7-6-8-19(29)3)24(16-22)26-17-32(4)30(34)25-15-21(20-9-10-20)11-13-23(25)26/h5-8,11-17,20H,1,9-10H2,2-4H3,(H,31,33). The zero-order valence-corrected chi connectivity index (χ0v) is 20.2. The Morgan fingerprint density at radius 2 is 1.77 bits per heavy atom. The average molecular weight is 465 g/mol. The number of aryl methyl sites for hydroxylation is 3. The second-order valence-corrected chi connectivity index (χ2v) is 9.27. The van der Waals surface area contributed by atoms with E-state index in [1.807, 2.05) is 68.6 Å². The lowest BCUT2D eigenvalue weighted by Gasteiger charge is -2.18. The zero-order valence-electron chi connectivity index (χ0n) is 20.2. The number of nitrogens with one attached hydrogen (secondary N) is 1. The van der Waals surface area contributed by atoms with Crippen LogP contribution in [0.15, 0.2) is 78.2 Å². The highest BCUT2D eigenvalue weighted by Crippen LogP contribution is 2.43. The largest absolute Gasteiger partial charge is 0.456 e. The van der Waals surface area contributed by atoms with E-state index in [2.05, 4.69) is 18.0 Å². The van der Waals surface area contributed by atoms with E-state index in [0.29, 0.717) is 22.7 Å². The Labute approximate surface area is 204 Å². The van der Waals surface area contributed by atoms with Crippen molar-refractivity contribution in [2.24, 2.45) is 7.05 Å². The van der Waals surface area contributed by atoms with Crippen molar-refractivity contribution in [2.75, 3.05) is 5.32 Å². The maximum atomic E-state index is 13.1. The molecule has 1 aliphatic rings. The van der Waals surface area contributed by atoms with Crippen LogP contribution in [0.5, 0.6) is 11.5 Å². The molecule has 0 spiro atoms. The first-order valence-electron chi connectivity index (χ1n) is 11.8. The number of benzene rings is 3. The molecule has 1 aromatic heterocycles. The number of amides is 1. The van der Waals surface area contributed by atoms with E-state index in [1.165, 1.54) is 24.5 Å². The number of ether oxygens (including phenoxy) is 1. The van der Waals surface area contributed by atoms with Gasteiger partial charge in [0, 0.05) is 35.4 Å². The monoisotopic (exact) mass is 464 g/mol. The SMILES string of the molecule is C=CC(=O)Nc1ccc(Oc2c(C)cccc2C)c(-c2cn(C)c(=O)c3cc(C4CC4)ccc23)c1. The van der Waals surface area contributed by atoms with Gasteiger partial charge in [0.1, 0.15) is 11.5 Å². The number of aromatic nitrogens is 1. The van der Waals surface area contributed by atoms with Gasteiger partial charge in [-0.15, -0.1) is 0 Å². The minimum Gasteiger partial charge on any atom is -0.456 e. The van der Waals surface area contributed by atoms with E-state index in [-0.39, 0.29) is 11.5 Å². The first kappa shape index (κ1) is 22.7. The summed E-state index contributed by atoms with van der Waals surface area (Å²) in [6.07, 6.45) is 5.42. The first-order valence-corrected chi connectivity index (χ1v) is 11.8. The summed E-state index contributed by atoms with van der Waals surface area (Å²) in [6.45, 7) is 7.58. The van der Waals surface area contributed by atoms with Gasteiger partial charge in [-0.2, -0.15) is 0 Å². The number of para-hydroxylation sites is 1. The predicted octanol–water partition coefficient (Wildman–Crippen LogP) is 6.62. The Balaban J connectivity index is 1.73. The van der Waals surface area contributed by atoms with Gasteiger partial charge in [0.2, 0.25) is 5.91 Å². The Kier molecular flexibility index (Phi) is 5.77. The van der Waals surface area contributed by atoms with Gasteiger partial charge in [0.05, 0.1) is 0 Å². The van der Waals surface area contributed by atoms with Gasteiger partial charge >= 0.3 is 0 Å². The second kappa shape index (κ2) is 8.91. The molecule has 0 bridgehead atoms. The molecule has 35 heavy (non-hydrogen) atoms. The quantitative estimate of drug-likeness (QED) is 0.326. The number of carbonyl (C=O) groups excluding carboxylic acids is 1. The highest BCUT2D eigenvalue weighted by molar-refractivity contribution is 6.01. The van der Waals surface area contributed by atoms with Crippen molar-refractivity contribution in [1.82, 2.24) is 4.57 Å². The van der Waals surface area contributed by atoms with Crippen LogP contribution in [0, 0.1) is 13.8 Å². The molecule has 0 saturated heterocycles. The Bertz CT molecular complexity index is 1520. The normalized spacial score (nSPS) is 13.0. The maximum absolute atomic E-state index is 13.1. The first-order chi connectivity index (χ1) is 16.9. The van der Waals surface area contributed by atoms with Crippen molar-refractivity contribution in [3.05, 3.63) is 100 Å². The molecule has 1 N–H and O–H groups in total. The fraction of sp³-hybridized carbons (Fsp3) is 0.200. The van der Waals surface area contributed by atoms with Gasteiger partial charge in [0.25, 0.3) is 5.56 Å². The van der Waals surface area contributed by atoms with Crippen molar-refractivity contribution in [1.29, 1.82) is 0 Å². The van der Waals surface area contributed by atoms with Crippen LogP contribution in [-0.2, 0) is 11.8 Å². The minimum absolute atomic E-state index is 0.0282. The van der Waals surface area contributed by atoms with Crippen LogP contribution < -0.4 is 15.6 Å². The number of anilines is 1. The molecule has 1 aliphatic carbocycles. The zero-order chi connectivity index (χ0) is 24.7. The fourth-order valence-corrected chi connectivity index (χ4v) is 4.54. The molecular formula is C30H28N2O3. The number of pyridine rings is 1. The van der Waals surface area contributed by atoms with Crippen LogP contribution in [-0.4, -0.2) is 10.5 Å². The molecule has 1 heterocycles. The summed E-state index contributed by atoms with van der Waals surface area (Å²) in [5.41, 5.74) is 5.51. The van der Waals surface area contributed by atoms with Gasteiger partial charge in [-0.3, -0.25) is 9.59 Å². The number of rotatable bonds is 6. The van der Waals surface area contributed by atoms with Crippen LogP contribution >= 0.6 is 0 Å². The van der Waals surface area contributed by atoms with Gasteiger partial charge < -0.3 is 14.6 Å². The van der Waals surface area contributed by atoms with Crippen molar-refractivity contribution in [2.45, 2.75) is 32.6 Å². The summed E-state index contributed by atoms with van der Waals surface area (Å²) in [5, 5.41) is 4.39. The summed E-state index contributed by atoms with van der Waals surface area (Å²) in [6, 6.07) is 17.8. The van der Waals surface area contributed by atoms with E-state index in [9.17, 15) is 9.59 Å². The van der Waals surface area contributed by atoms with Crippen LogP contribution in [0.2, 0.25) is 0 Å². The lowest BCUT2D eigenvalue weighted by atomic mass is 9.97. The second-order valence-electron chi connectivity index (χ2n) is 9.27. The molecule has 1 amide bonds. The molecular weight excluding hydrogens is 436 g/mol. The minimum atomic E-state index is -0.293. The molecule has 176 valence electrons. The van der Waals surface area contributed by atoms with Crippen molar-refractivity contribution in [3.8, 4) is 22.6 Å². The molecule has 0 radical (unpaired) electrons. The third-order valence-corrected chi connectivity index (χ3v) is 6.60. The average Bonchev–Trinajstić information content (AvgIpc) is 3.70. The third kappa shape index (κ3) is 4.37. The summed E-state index contributed by atoms with van der Waals surface area (Å²) in [5.74, 6) is 1.69. The fourth-order valence-electron chi connectivity index (χ4n) is 4.54. The van der Waals surface area contributed by atoms with Crippen LogP contribution in [0.1, 0.15) is 35.4 Å². The predicted molar refractivity (Wildman–Crippen MR) is 141 cm³/mol. The summed E-state index contributed by atoms with van der Waals surface area (Å²) in [7, 11) is 1.77. The topological polar surface area (TPSA) is 60.3 Å². The van der Waals surface area contributed by atoms with Crippen molar-refractivity contribution < 1.29 is 9.53 Å². The molecule has 3 aromatic carbocycles. The molecule has 4 aromatic rings. The molecule has 5 rings (SSSR count). The van der Waals surface area contributed by atoms with Gasteiger partial charge in [-0.1, -0.05) is 36.9 Å². The van der Waals surface area contributed by atoms with Gasteiger partial charge in [0.15, 0.2) is 0 Å². The van der Waals surface area contributed by atoms with Crippen molar-refractivity contribution in [3.63, 3.8) is 0 Å². The number of fused-ring (bicyclic) bond motifs is 1. The molecule has 1 saturated carbocycles. The number of carbonyl (C=O) groups is 1. The van der Waals surface area contributed by atoms with E-state index >= 15 is 0 Å². The smallest absolute Gasteiger partial charge is 0.258 e. The molecule has 1 fully saturated rings. The number of nitrogens with zero attached hydrogens (tertiary/aromatic N) is 1. The van der Waals surface area contributed by atoms with Crippen molar-refractivity contribution >= 4 is 22.4 Å². The maximum Gasteiger partial charge on any atom is 0.258 e. The number of hydrogen-bond acceptors (Lipinski definition) is 3. The van der Waals surface area contributed by atoms with E-state index in [4.69, 9.17) is 4.74 Å². The highest BCUT2D eigenvalue weighted by Gasteiger charge is 2.24. The molecule has 0 unspecified atom stereocenters. The number of hydrogen-bond donors (Lipinski definition) is 1. The summed E-state index contributed by atoms with van der Waals surface area (Å²) in [4.78, 5) is 25.1. The van der Waals surface area contributed by atoms with E-state index in [1.54, 1.807) is 11.6 Å². The van der Waals surface area contributed by atoms with Crippen LogP contribution in [0.3, 0.4) is 0 Å².